The van der Waals surface area contributed by atoms with Crippen LogP contribution in [0.4, 0.5) is 10.3 Å². The SMILES string of the molecule is CSc1nc2cc(C(C)(C)F)ccc2n1C1CCN(C(=O)C2CCN(Cc3cnc(N)nc3)CC2)CC1. The molecule has 0 bridgehead atoms. The Morgan fingerprint density at radius 2 is 1.78 bits per heavy atom. The van der Waals surface area contributed by atoms with Gasteiger partial charge in [-0.25, -0.2) is 19.3 Å². The van der Waals surface area contributed by atoms with Gasteiger partial charge in [0, 0.05) is 49.6 Å². The first kappa shape index (κ1) is 25.9. The van der Waals surface area contributed by atoms with Crippen LogP contribution in [-0.2, 0) is 17.0 Å². The second kappa shape index (κ2) is 10.6. The van der Waals surface area contributed by atoms with E-state index in [0.717, 1.165) is 80.2 Å². The lowest BCUT2D eigenvalue weighted by molar-refractivity contribution is -0.138. The molecule has 2 aliphatic rings. The highest BCUT2D eigenvalue weighted by Crippen LogP contribution is 2.35. The number of alkyl halides is 1. The van der Waals surface area contributed by atoms with Crippen LogP contribution >= 0.6 is 11.8 Å². The molecule has 2 N–H and O–H groups in total. The van der Waals surface area contributed by atoms with Crippen LogP contribution in [0.25, 0.3) is 11.0 Å². The van der Waals surface area contributed by atoms with Gasteiger partial charge in [-0.3, -0.25) is 9.69 Å². The van der Waals surface area contributed by atoms with Crippen molar-refractivity contribution >= 4 is 34.7 Å². The first-order valence-corrected chi connectivity index (χ1v) is 14.3. The first-order valence-electron chi connectivity index (χ1n) is 13.1. The Hall–Kier alpha value is -2.72. The third-order valence-electron chi connectivity index (χ3n) is 7.74. The number of halogens is 1. The molecule has 2 aromatic heterocycles. The summed E-state index contributed by atoms with van der Waals surface area (Å²) in [5.74, 6) is 0.677. The third-order valence-corrected chi connectivity index (χ3v) is 8.39. The molecule has 2 saturated heterocycles. The van der Waals surface area contributed by atoms with Crippen molar-refractivity contribution in [2.45, 2.75) is 62.9 Å². The summed E-state index contributed by atoms with van der Waals surface area (Å²) in [7, 11) is 0. The number of likely N-dealkylation sites (tertiary alicyclic amines) is 2. The fourth-order valence-electron chi connectivity index (χ4n) is 5.59. The smallest absolute Gasteiger partial charge is 0.225 e. The molecule has 3 aromatic rings. The van der Waals surface area contributed by atoms with Gasteiger partial charge in [-0.05, 0) is 76.6 Å². The van der Waals surface area contributed by atoms with Crippen LogP contribution in [-0.4, -0.2) is 67.7 Å². The predicted octanol–water partition coefficient (Wildman–Crippen LogP) is 4.41. The lowest BCUT2D eigenvalue weighted by Crippen LogP contribution is -2.45. The number of imidazole rings is 1. The van der Waals surface area contributed by atoms with Crippen molar-refractivity contribution in [3.63, 3.8) is 0 Å². The van der Waals surface area contributed by atoms with Crippen LogP contribution in [0.2, 0.25) is 0 Å². The van der Waals surface area contributed by atoms with E-state index >= 15 is 0 Å². The van der Waals surface area contributed by atoms with Gasteiger partial charge in [0.15, 0.2) is 5.16 Å². The molecule has 1 aromatic carbocycles. The summed E-state index contributed by atoms with van der Waals surface area (Å²) < 4.78 is 16.8. The summed E-state index contributed by atoms with van der Waals surface area (Å²) in [6.07, 6.45) is 9.14. The number of hydrogen-bond acceptors (Lipinski definition) is 7. The number of hydrogen-bond donors (Lipinski definition) is 1. The lowest BCUT2D eigenvalue weighted by atomic mass is 9.93. The largest absolute Gasteiger partial charge is 0.368 e. The van der Waals surface area contributed by atoms with E-state index in [4.69, 9.17) is 10.7 Å². The molecule has 0 spiro atoms. The molecule has 198 valence electrons. The van der Waals surface area contributed by atoms with Gasteiger partial charge >= 0.3 is 0 Å². The van der Waals surface area contributed by atoms with Crippen LogP contribution in [0.15, 0.2) is 35.7 Å². The van der Waals surface area contributed by atoms with Crippen LogP contribution in [0.3, 0.4) is 0 Å². The molecular weight excluding hydrogens is 489 g/mol. The van der Waals surface area contributed by atoms with Crippen molar-refractivity contribution in [2.24, 2.45) is 5.92 Å². The van der Waals surface area contributed by atoms with Crippen LogP contribution in [0.1, 0.15) is 56.7 Å². The number of carbonyl (C=O) groups is 1. The molecule has 37 heavy (non-hydrogen) atoms. The number of nitrogen functional groups attached to an aromatic ring is 1. The summed E-state index contributed by atoms with van der Waals surface area (Å²) in [6.45, 7) is 7.25. The minimum atomic E-state index is -1.40. The normalized spacial score (nSPS) is 18.5. The number of rotatable bonds is 6. The van der Waals surface area contributed by atoms with Crippen molar-refractivity contribution in [1.29, 1.82) is 0 Å². The molecule has 0 radical (unpaired) electrons. The van der Waals surface area contributed by atoms with Crippen molar-refractivity contribution in [3.05, 3.63) is 41.7 Å². The van der Waals surface area contributed by atoms with Crippen LogP contribution in [0, 0.1) is 5.92 Å². The number of amides is 1. The van der Waals surface area contributed by atoms with Crippen molar-refractivity contribution in [1.82, 2.24) is 29.3 Å². The molecule has 0 saturated carbocycles. The number of piperidine rings is 2. The van der Waals surface area contributed by atoms with Crippen molar-refractivity contribution < 1.29 is 9.18 Å². The van der Waals surface area contributed by atoms with E-state index in [-0.39, 0.29) is 17.9 Å². The Morgan fingerprint density at radius 3 is 2.41 bits per heavy atom. The molecule has 5 rings (SSSR count). The van der Waals surface area contributed by atoms with E-state index in [9.17, 15) is 9.18 Å². The quantitative estimate of drug-likeness (QED) is 0.477. The van der Waals surface area contributed by atoms with E-state index in [2.05, 4.69) is 24.3 Å². The summed E-state index contributed by atoms with van der Waals surface area (Å²) in [5.41, 5.74) is 7.75. The minimum Gasteiger partial charge on any atom is -0.368 e. The topological polar surface area (TPSA) is 93.2 Å². The molecule has 0 unspecified atom stereocenters. The van der Waals surface area contributed by atoms with Gasteiger partial charge < -0.3 is 15.2 Å². The molecule has 2 fully saturated rings. The van der Waals surface area contributed by atoms with E-state index in [0.29, 0.717) is 11.5 Å². The molecule has 1 amide bonds. The maximum absolute atomic E-state index is 14.5. The summed E-state index contributed by atoms with van der Waals surface area (Å²) in [4.78, 5) is 30.7. The summed E-state index contributed by atoms with van der Waals surface area (Å²) in [5, 5.41) is 0.951. The zero-order valence-corrected chi connectivity index (χ0v) is 22.7. The first-order chi connectivity index (χ1) is 17.7. The highest BCUT2D eigenvalue weighted by atomic mass is 32.2. The Morgan fingerprint density at radius 1 is 1.11 bits per heavy atom. The van der Waals surface area contributed by atoms with Gasteiger partial charge in [0.25, 0.3) is 0 Å². The average molecular weight is 526 g/mol. The van der Waals surface area contributed by atoms with Crippen molar-refractivity contribution in [2.75, 3.05) is 38.2 Å². The third kappa shape index (κ3) is 5.60. The van der Waals surface area contributed by atoms with Gasteiger partial charge in [0.2, 0.25) is 11.9 Å². The van der Waals surface area contributed by atoms with Crippen LogP contribution in [0.5, 0.6) is 0 Å². The maximum Gasteiger partial charge on any atom is 0.225 e. The fraction of sp³-hybridized carbons (Fsp3) is 0.556. The number of nitrogens with zero attached hydrogens (tertiary/aromatic N) is 6. The monoisotopic (exact) mass is 525 g/mol. The fourth-order valence-corrected chi connectivity index (χ4v) is 6.22. The van der Waals surface area contributed by atoms with Gasteiger partial charge in [-0.2, -0.15) is 0 Å². The average Bonchev–Trinajstić information content (AvgIpc) is 3.28. The van der Waals surface area contributed by atoms with Gasteiger partial charge in [-0.1, -0.05) is 17.8 Å². The molecule has 2 aliphatic heterocycles. The number of benzene rings is 1. The summed E-state index contributed by atoms with van der Waals surface area (Å²) in [6, 6.07) is 6.03. The second-order valence-electron chi connectivity index (χ2n) is 10.7. The lowest BCUT2D eigenvalue weighted by Gasteiger charge is -2.38. The van der Waals surface area contributed by atoms with Gasteiger partial charge in [0.05, 0.1) is 11.0 Å². The number of aromatic nitrogens is 4. The molecule has 4 heterocycles. The zero-order valence-electron chi connectivity index (χ0n) is 21.9. The minimum absolute atomic E-state index is 0.0915. The van der Waals surface area contributed by atoms with E-state index in [1.165, 1.54) is 0 Å². The Kier molecular flexibility index (Phi) is 7.40. The van der Waals surface area contributed by atoms with E-state index in [1.807, 2.05) is 24.5 Å². The Bertz CT molecular complexity index is 1240. The second-order valence-corrected chi connectivity index (χ2v) is 11.5. The zero-order chi connectivity index (χ0) is 26.2. The van der Waals surface area contributed by atoms with Gasteiger partial charge in [0.1, 0.15) is 5.67 Å². The van der Waals surface area contributed by atoms with Crippen molar-refractivity contribution in [3.8, 4) is 0 Å². The van der Waals surface area contributed by atoms with E-state index < -0.39 is 5.67 Å². The number of fused-ring (bicyclic) bond motifs is 1. The van der Waals surface area contributed by atoms with Crippen LogP contribution < -0.4 is 5.73 Å². The predicted molar refractivity (Wildman–Crippen MR) is 145 cm³/mol. The Labute approximate surface area is 221 Å². The molecule has 0 aliphatic carbocycles. The standard InChI is InChI=1S/C27H36FN7OS/c1-27(2,28)20-4-5-23-22(14-20)32-26(37-3)35(23)21-8-12-34(13-9-21)24(36)19-6-10-33(11-7-19)17-18-15-30-25(29)31-16-18/h4-5,14-16,19,21H,6-13,17H2,1-3H3,(H2,29,30,31). The highest BCUT2D eigenvalue weighted by Gasteiger charge is 2.32. The number of thioether (sulfide) groups is 1. The Balaban J connectivity index is 1.18. The molecular formula is C27H36FN7OS. The summed E-state index contributed by atoms with van der Waals surface area (Å²) >= 11 is 1.62. The number of anilines is 1. The van der Waals surface area contributed by atoms with Gasteiger partial charge in [-0.15, -0.1) is 0 Å². The number of nitrogens with two attached hydrogens (primary N) is 1. The molecule has 0 atom stereocenters. The molecule has 8 nitrogen and oxygen atoms in total. The highest BCUT2D eigenvalue weighted by molar-refractivity contribution is 7.98. The maximum atomic E-state index is 14.5. The molecule has 10 heteroatoms. The number of carbonyl (C=O) groups excluding carboxylic acids is 1. The van der Waals surface area contributed by atoms with E-state index in [1.54, 1.807) is 38.0 Å².